The third kappa shape index (κ3) is 3.55. The maximum Gasteiger partial charge on any atom is 0.247 e. The monoisotopic (exact) mass is 370 g/mol. The van der Waals surface area contributed by atoms with Crippen LogP contribution in [0.25, 0.3) is 10.6 Å². The van der Waals surface area contributed by atoms with Gasteiger partial charge >= 0.3 is 0 Å². The zero-order valence-corrected chi connectivity index (χ0v) is 15.6. The lowest BCUT2D eigenvalue weighted by atomic mass is 9.96. The lowest BCUT2D eigenvalue weighted by Gasteiger charge is -2.23. The molecular weight excluding hydrogens is 348 g/mol. The first-order chi connectivity index (χ1) is 12.7. The molecule has 1 aliphatic rings. The number of aryl methyl sites for hydroxylation is 1. The lowest BCUT2D eigenvalue weighted by Crippen LogP contribution is -2.23. The summed E-state index contributed by atoms with van der Waals surface area (Å²) in [4.78, 5) is 17.7. The number of amides is 1. The van der Waals surface area contributed by atoms with Crippen LogP contribution < -0.4 is 5.32 Å². The second-order valence-corrected chi connectivity index (χ2v) is 7.52. The summed E-state index contributed by atoms with van der Waals surface area (Å²) < 4.78 is 3.62. The number of nitrogens with one attached hydrogen (secondary N) is 1. The van der Waals surface area contributed by atoms with Crippen molar-refractivity contribution in [2.45, 2.75) is 51.6 Å². The van der Waals surface area contributed by atoms with Gasteiger partial charge < -0.3 is 5.32 Å². The maximum absolute atomic E-state index is 12.5. The maximum atomic E-state index is 12.5. The molecule has 1 N–H and O–H groups in total. The van der Waals surface area contributed by atoms with Gasteiger partial charge in [0.2, 0.25) is 5.91 Å². The van der Waals surface area contributed by atoms with Crippen LogP contribution in [0.4, 0.5) is 5.82 Å². The summed E-state index contributed by atoms with van der Waals surface area (Å²) in [5.41, 5.74) is 3.62. The van der Waals surface area contributed by atoms with Crippen LogP contribution in [0.15, 0.2) is 30.0 Å². The molecule has 3 heterocycles. The molecule has 0 bridgehead atoms. The van der Waals surface area contributed by atoms with Gasteiger partial charge in [0.1, 0.15) is 18.1 Å². The number of hydrogen-bond acceptors (Lipinski definition) is 5. The van der Waals surface area contributed by atoms with Gasteiger partial charge in [-0.15, -0.1) is 11.3 Å². The Balaban J connectivity index is 1.41. The van der Waals surface area contributed by atoms with Gasteiger partial charge in [-0.3, -0.25) is 9.48 Å². The summed E-state index contributed by atoms with van der Waals surface area (Å²) in [6.07, 6.45) is 9.58. The zero-order chi connectivity index (χ0) is 17.9. The molecule has 26 heavy (non-hydrogen) atoms. The van der Waals surface area contributed by atoms with E-state index in [1.54, 1.807) is 22.2 Å². The van der Waals surface area contributed by atoms with Crippen molar-refractivity contribution >= 4 is 23.1 Å². The molecule has 8 heteroatoms. The smallest absolute Gasteiger partial charge is 0.247 e. The zero-order valence-electron chi connectivity index (χ0n) is 14.8. The van der Waals surface area contributed by atoms with E-state index in [0.717, 1.165) is 34.9 Å². The van der Waals surface area contributed by atoms with Gasteiger partial charge in [-0.25, -0.2) is 9.67 Å². The second-order valence-electron chi connectivity index (χ2n) is 6.67. The van der Waals surface area contributed by atoms with E-state index in [1.807, 2.05) is 35.4 Å². The molecule has 0 aromatic carbocycles. The van der Waals surface area contributed by atoms with Crippen LogP contribution in [0.1, 0.15) is 43.8 Å². The van der Waals surface area contributed by atoms with Crippen molar-refractivity contribution in [1.82, 2.24) is 24.5 Å². The van der Waals surface area contributed by atoms with Crippen molar-refractivity contribution in [3.63, 3.8) is 0 Å². The Kier molecular flexibility index (Phi) is 4.83. The molecule has 136 valence electrons. The molecule has 0 radical (unpaired) electrons. The number of aromatic nitrogens is 5. The molecule has 7 nitrogen and oxygen atoms in total. The van der Waals surface area contributed by atoms with Crippen molar-refractivity contribution < 1.29 is 4.79 Å². The average Bonchev–Trinajstić information content (AvgIpc) is 3.37. The summed E-state index contributed by atoms with van der Waals surface area (Å²) in [5, 5.41) is 11.9. The van der Waals surface area contributed by atoms with Crippen LogP contribution in [0, 0.1) is 6.92 Å². The first-order valence-corrected chi connectivity index (χ1v) is 9.86. The summed E-state index contributed by atoms with van der Waals surface area (Å²) in [6.45, 7) is 2.14. The van der Waals surface area contributed by atoms with Crippen molar-refractivity contribution in [2.75, 3.05) is 5.32 Å². The van der Waals surface area contributed by atoms with E-state index in [4.69, 9.17) is 0 Å². The van der Waals surface area contributed by atoms with E-state index in [9.17, 15) is 4.79 Å². The summed E-state index contributed by atoms with van der Waals surface area (Å²) in [5.74, 6) is 0.672. The van der Waals surface area contributed by atoms with Gasteiger partial charge in [-0.05, 0) is 25.8 Å². The summed E-state index contributed by atoms with van der Waals surface area (Å²) in [6, 6.07) is 4.17. The molecule has 1 saturated carbocycles. The van der Waals surface area contributed by atoms with Crippen molar-refractivity contribution in [2.24, 2.45) is 0 Å². The number of nitrogens with zero attached hydrogens (tertiary/aromatic N) is 5. The molecule has 0 atom stereocenters. The number of hydrogen-bond donors (Lipinski definition) is 1. The van der Waals surface area contributed by atoms with Crippen LogP contribution in [-0.2, 0) is 11.3 Å². The first-order valence-electron chi connectivity index (χ1n) is 8.98. The Morgan fingerprint density at radius 2 is 2.15 bits per heavy atom. The van der Waals surface area contributed by atoms with Gasteiger partial charge in [-0.1, -0.05) is 19.3 Å². The fourth-order valence-corrected chi connectivity index (χ4v) is 4.25. The van der Waals surface area contributed by atoms with Crippen LogP contribution in [-0.4, -0.2) is 30.5 Å². The fourth-order valence-electron chi connectivity index (χ4n) is 3.48. The van der Waals surface area contributed by atoms with Crippen molar-refractivity contribution in [1.29, 1.82) is 0 Å². The fraction of sp³-hybridized carbons (Fsp3) is 0.444. The third-order valence-electron chi connectivity index (χ3n) is 4.78. The van der Waals surface area contributed by atoms with E-state index in [0.29, 0.717) is 6.04 Å². The number of carbonyl (C=O) groups is 1. The third-order valence-corrected chi connectivity index (χ3v) is 5.73. The number of anilines is 1. The van der Waals surface area contributed by atoms with E-state index in [2.05, 4.69) is 20.5 Å². The van der Waals surface area contributed by atoms with Gasteiger partial charge in [0.15, 0.2) is 0 Å². The van der Waals surface area contributed by atoms with Gasteiger partial charge in [-0.2, -0.15) is 10.2 Å². The molecular formula is C18H22N6OS. The molecule has 0 unspecified atom stereocenters. The first kappa shape index (κ1) is 17.0. The second kappa shape index (κ2) is 7.41. The molecule has 3 aromatic rings. The van der Waals surface area contributed by atoms with Gasteiger partial charge in [0.25, 0.3) is 0 Å². The number of carbonyl (C=O) groups excluding carboxylic acids is 1. The minimum Gasteiger partial charge on any atom is -0.309 e. The van der Waals surface area contributed by atoms with E-state index >= 15 is 0 Å². The lowest BCUT2D eigenvalue weighted by molar-refractivity contribution is -0.117. The predicted octanol–water partition coefficient (Wildman–Crippen LogP) is 3.66. The Morgan fingerprint density at radius 1 is 1.31 bits per heavy atom. The van der Waals surface area contributed by atoms with E-state index in [1.165, 1.54) is 19.3 Å². The Hall–Kier alpha value is -2.48. The van der Waals surface area contributed by atoms with Crippen LogP contribution >= 0.6 is 11.3 Å². The summed E-state index contributed by atoms with van der Waals surface area (Å²) in [7, 11) is 0. The van der Waals surface area contributed by atoms with Crippen molar-refractivity contribution in [3.8, 4) is 10.6 Å². The highest BCUT2D eigenvalue weighted by molar-refractivity contribution is 7.13. The largest absolute Gasteiger partial charge is 0.309 e. The van der Waals surface area contributed by atoms with Crippen LogP contribution in [0.2, 0.25) is 0 Å². The summed E-state index contributed by atoms with van der Waals surface area (Å²) >= 11 is 1.56. The van der Waals surface area contributed by atoms with E-state index in [-0.39, 0.29) is 12.5 Å². The number of thiazole rings is 1. The minimum atomic E-state index is -0.0989. The highest BCUT2D eigenvalue weighted by Crippen LogP contribution is 2.30. The molecule has 1 aliphatic carbocycles. The standard InChI is InChI=1S/C18H22N6OS/c1-13-18(26-12-19-13)15-8-10-23(22-15)11-17(25)21-16-7-9-20-24(16)14-5-3-2-4-6-14/h7-10,12,14H,2-6,11H2,1H3,(H,21,25). The highest BCUT2D eigenvalue weighted by atomic mass is 32.1. The van der Waals surface area contributed by atoms with Gasteiger partial charge in [0, 0.05) is 12.3 Å². The minimum absolute atomic E-state index is 0.0989. The Bertz CT molecular complexity index is 889. The normalized spacial score (nSPS) is 15.3. The molecule has 1 amide bonds. The molecule has 0 spiro atoms. The van der Waals surface area contributed by atoms with Gasteiger partial charge in [0.05, 0.1) is 28.3 Å². The molecule has 3 aromatic heterocycles. The SMILES string of the molecule is Cc1ncsc1-c1ccn(CC(=O)Nc2ccnn2C2CCCCC2)n1. The van der Waals surface area contributed by atoms with Crippen LogP contribution in [0.5, 0.6) is 0 Å². The molecule has 1 fully saturated rings. The molecule has 0 aliphatic heterocycles. The Morgan fingerprint density at radius 3 is 2.92 bits per heavy atom. The predicted molar refractivity (Wildman–Crippen MR) is 101 cm³/mol. The Labute approximate surface area is 156 Å². The number of rotatable bonds is 5. The van der Waals surface area contributed by atoms with Crippen molar-refractivity contribution in [3.05, 3.63) is 35.7 Å². The quantitative estimate of drug-likeness (QED) is 0.743. The molecule has 0 saturated heterocycles. The van der Waals surface area contributed by atoms with E-state index < -0.39 is 0 Å². The van der Waals surface area contributed by atoms with Crippen LogP contribution in [0.3, 0.4) is 0 Å². The average molecular weight is 370 g/mol. The highest BCUT2D eigenvalue weighted by Gasteiger charge is 2.19. The topological polar surface area (TPSA) is 77.6 Å². The molecule has 4 rings (SSSR count).